The van der Waals surface area contributed by atoms with E-state index in [9.17, 15) is 13.2 Å². The van der Waals surface area contributed by atoms with Crippen molar-refractivity contribution in [3.05, 3.63) is 65.2 Å². The zero-order valence-corrected chi connectivity index (χ0v) is 16.9. The molecule has 0 saturated carbocycles. The largest absolute Gasteiger partial charge is 0.336 e. The standard InChI is InChI=1S/C21H26N2O3S/c1-16(2)19-10-6-7-11-20(19)23(27(3,25)26)15-21(24)22-13-12-17-8-4-5-9-18(17)14-22/h4-11,16H,12-15H2,1-3H3. The SMILES string of the molecule is CC(C)c1ccccc1N(CC(=O)N1CCc2ccccc2C1)S(C)(=O)=O. The Morgan fingerprint density at radius 1 is 1.07 bits per heavy atom. The molecule has 5 nitrogen and oxygen atoms in total. The highest BCUT2D eigenvalue weighted by atomic mass is 32.2. The van der Waals surface area contributed by atoms with Gasteiger partial charge in [-0.2, -0.15) is 0 Å². The Labute approximate surface area is 161 Å². The lowest BCUT2D eigenvalue weighted by molar-refractivity contribution is -0.130. The first-order valence-electron chi connectivity index (χ1n) is 9.18. The van der Waals surface area contributed by atoms with Gasteiger partial charge in [0.1, 0.15) is 6.54 Å². The normalized spacial score (nSPS) is 14.1. The molecule has 0 radical (unpaired) electrons. The summed E-state index contributed by atoms with van der Waals surface area (Å²) >= 11 is 0. The van der Waals surface area contributed by atoms with Gasteiger partial charge >= 0.3 is 0 Å². The number of fused-ring (bicyclic) bond motifs is 1. The molecule has 6 heteroatoms. The van der Waals surface area contributed by atoms with Crippen molar-refractivity contribution in [2.75, 3.05) is 23.7 Å². The molecular formula is C21H26N2O3S. The Balaban J connectivity index is 1.86. The van der Waals surface area contributed by atoms with Crippen molar-refractivity contribution in [2.24, 2.45) is 0 Å². The number of para-hydroxylation sites is 1. The van der Waals surface area contributed by atoms with Gasteiger partial charge in [-0.1, -0.05) is 56.3 Å². The van der Waals surface area contributed by atoms with Gasteiger partial charge in [-0.25, -0.2) is 8.42 Å². The van der Waals surface area contributed by atoms with Gasteiger partial charge in [-0.3, -0.25) is 9.10 Å². The quantitative estimate of drug-likeness (QED) is 0.793. The molecule has 0 aromatic heterocycles. The molecule has 2 aromatic carbocycles. The van der Waals surface area contributed by atoms with Crippen LogP contribution in [-0.4, -0.2) is 38.6 Å². The minimum atomic E-state index is -3.58. The van der Waals surface area contributed by atoms with Crippen molar-refractivity contribution in [3.63, 3.8) is 0 Å². The smallest absolute Gasteiger partial charge is 0.243 e. The summed E-state index contributed by atoms with van der Waals surface area (Å²) in [6, 6.07) is 15.5. The van der Waals surface area contributed by atoms with Crippen LogP contribution in [0.15, 0.2) is 48.5 Å². The zero-order valence-electron chi connectivity index (χ0n) is 16.1. The van der Waals surface area contributed by atoms with Gasteiger partial charge < -0.3 is 4.90 Å². The summed E-state index contributed by atoms with van der Waals surface area (Å²) < 4.78 is 26.2. The predicted molar refractivity (Wildman–Crippen MR) is 108 cm³/mol. The summed E-state index contributed by atoms with van der Waals surface area (Å²) in [5, 5.41) is 0. The lowest BCUT2D eigenvalue weighted by atomic mass is 10.00. The van der Waals surface area contributed by atoms with E-state index < -0.39 is 10.0 Å². The number of anilines is 1. The lowest BCUT2D eigenvalue weighted by Gasteiger charge is -2.32. The third-order valence-corrected chi connectivity index (χ3v) is 6.12. The number of hydrogen-bond acceptors (Lipinski definition) is 3. The van der Waals surface area contributed by atoms with Crippen LogP contribution in [-0.2, 0) is 27.8 Å². The van der Waals surface area contributed by atoms with E-state index in [4.69, 9.17) is 0 Å². The van der Waals surface area contributed by atoms with E-state index in [1.165, 1.54) is 9.87 Å². The average Bonchev–Trinajstić information content (AvgIpc) is 2.64. The van der Waals surface area contributed by atoms with E-state index in [1.54, 1.807) is 17.0 Å². The lowest BCUT2D eigenvalue weighted by Crippen LogP contribution is -2.44. The fourth-order valence-corrected chi connectivity index (χ4v) is 4.38. The second kappa shape index (κ2) is 7.72. The van der Waals surface area contributed by atoms with E-state index in [0.717, 1.165) is 23.8 Å². The van der Waals surface area contributed by atoms with Crippen LogP contribution in [0.1, 0.15) is 36.5 Å². The first-order chi connectivity index (χ1) is 12.8. The van der Waals surface area contributed by atoms with E-state index >= 15 is 0 Å². The Kier molecular flexibility index (Phi) is 5.56. The summed E-state index contributed by atoms with van der Waals surface area (Å²) in [6.07, 6.45) is 1.95. The second-order valence-electron chi connectivity index (χ2n) is 7.32. The molecule has 144 valence electrons. The molecule has 1 amide bonds. The molecule has 1 aliphatic heterocycles. The van der Waals surface area contributed by atoms with Crippen molar-refractivity contribution in [1.29, 1.82) is 0 Å². The number of carbonyl (C=O) groups excluding carboxylic acids is 1. The molecular weight excluding hydrogens is 360 g/mol. The first-order valence-corrected chi connectivity index (χ1v) is 11.0. The number of rotatable bonds is 5. The number of nitrogens with zero attached hydrogens (tertiary/aromatic N) is 2. The van der Waals surface area contributed by atoms with Crippen LogP contribution in [0.3, 0.4) is 0 Å². The summed E-state index contributed by atoms with van der Waals surface area (Å²) in [5.74, 6) is -0.0177. The van der Waals surface area contributed by atoms with E-state index in [0.29, 0.717) is 18.8 Å². The Morgan fingerprint density at radius 2 is 1.70 bits per heavy atom. The van der Waals surface area contributed by atoms with Crippen molar-refractivity contribution in [1.82, 2.24) is 4.90 Å². The van der Waals surface area contributed by atoms with Gasteiger partial charge in [0.25, 0.3) is 0 Å². The number of carbonyl (C=O) groups is 1. The van der Waals surface area contributed by atoms with Crippen molar-refractivity contribution in [3.8, 4) is 0 Å². The summed E-state index contributed by atoms with van der Waals surface area (Å²) in [5.41, 5.74) is 3.89. The molecule has 27 heavy (non-hydrogen) atoms. The molecule has 3 rings (SSSR count). The molecule has 0 unspecified atom stereocenters. The number of benzene rings is 2. The van der Waals surface area contributed by atoms with Crippen LogP contribution in [0.2, 0.25) is 0 Å². The topological polar surface area (TPSA) is 57.7 Å². The molecule has 0 aliphatic carbocycles. The van der Waals surface area contributed by atoms with Gasteiger partial charge in [0.2, 0.25) is 15.9 Å². The number of amides is 1. The molecule has 1 aliphatic rings. The molecule has 0 N–H and O–H groups in total. The summed E-state index contributed by atoms with van der Waals surface area (Å²) in [7, 11) is -3.58. The fourth-order valence-electron chi connectivity index (χ4n) is 3.52. The van der Waals surface area contributed by atoms with Crippen LogP contribution < -0.4 is 4.31 Å². The first kappa shape index (κ1) is 19.4. The Bertz CT molecular complexity index is 938. The van der Waals surface area contributed by atoms with Crippen LogP contribution in [0.25, 0.3) is 0 Å². The van der Waals surface area contributed by atoms with Crippen LogP contribution in [0, 0.1) is 0 Å². The molecule has 0 saturated heterocycles. The van der Waals surface area contributed by atoms with Gasteiger partial charge in [0.05, 0.1) is 11.9 Å². The van der Waals surface area contributed by atoms with Crippen LogP contribution >= 0.6 is 0 Å². The van der Waals surface area contributed by atoms with Crippen molar-refractivity contribution < 1.29 is 13.2 Å². The Hall–Kier alpha value is -2.34. The highest BCUT2D eigenvalue weighted by Gasteiger charge is 2.27. The molecule has 1 heterocycles. The summed E-state index contributed by atoms with van der Waals surface area (Å²) in [6.45, 7) is 4.99. The van der Waals surface area contributed by atoms with E-state index in [-0.39, 0.29) is 18.4 Å². The van der Waals surface area contributed by atoms with Gasteiger partial charge in [0.15, 0.2) is 0 Å². The van der Waals surface area contributed by atoms with Gasteiger partial charge in [-0.05, 0) is 35.1 Å². The van der Waals surface area contributed by atoms with Crippen LogP contribution in [0.4, 0.5) is 5.69 Å². The van der Waals surface area contributed by atoms with Crippen molar-refractivity contribution in [2.45, 2.75) is 32.7 Å². The highest BCUT2D eigenvalue weighted by molar-refractivity contribution is 7.92. The summed E-state index contributed by atoms with van der Waals surface area (Å²) in [4.78, 5) is 14.7. The fraction of sp³-hybridized carbons (Fsp3) is 0.381. The molecule has 0 atom stereocenters. The molecule has 0 bridgehead atoms. The maximum absolute atomic E-state index is 12.9. The minimum absolute atomic E-state index is 0.155. The predicted octanol–water partition coefficient (Wildman–Crippen LogP) is 3.16. The monoisotopic (exact) mass is 386 g/mol. The molecule has 2 aromatic rings. The van der Waals surface area contributed by atoms with Gasteiger partial charge in [-0.15, -0.1) is 0 Å². The van der Waals surface area contributed by atoms with Gasteiger partial charge in [0, 0.05) is 13.1 Å². The third kappa shape index (κ3) is 4.33. The van der Waals surface area contributed by atoms with Crippen LogP contribution in [0.5, 0.6) is 0 Å². The maximum atomic E-state index is 12.9. The zero-order chi connectivity index (χ0) is 19.6. The van der Waals surface area contributed by atoms with E-state index in [2.05, 4.69) is 6.07 Å². The average molecular weight is 387 g/mol. The minimum Gasteiger partial charge on any atom is -0.336 e. The van der Waals surface area contributed by atoms with E-state index in [1.807, 2.05) is 44.2 Å². The number of sulfonamides is 1. The van der Waals surface area contributed by atoms with Crippen molar-refractivity contribution >= 4 is 21.6 Å². The number of hydrogen-bond donors (Lipinski definition) is 0. The second-order valence-corrected chi connectivity index (χ2v) is 9.22. The third-order valence-electron chi connectivity index (χ3n) is 4.99. The molecule has 0 fully saturated rings. The maximum Gasteiger partial charge on any atom is 0.243 e. The molecule has 0 spiro atoms. The Morgan fingerprint density at radius 3 is 2.37 bits per heavy atom. The highest BCUT2D eigenvalue weighted by Crippen LogP contribution is 2.29.